The fraction of sp³-hybridized carbons (Fsp3) is 0.0769. The molecular formula is C13H14BrN3O2S. The van der Waals surface area contributed by atoms with Crippen LogP contribution in [0.25, 0.3) is 0 Å². The molecule has 2 aromatic carbocycles. The van der Waals surface area contributed by atoms with Gasteiger partial charge in [0.25, 0.3) is 0 Å². The number of hydrogen-bond acceptors (Lipinski definition) is 4. The minimum atomic E-state index is -3.76. The van der Waals surface area contributed by atoms with Gasteiger partial charge in [-0.2, -0.15) is 0 Å². The summed E-state index contributed by atoms with van der Waals surface area (Å²) in [5.41, 5.74) is 7.68. The fourth-order valence-corrected chi connectivity index (χ4v) is 2.78. The Morgan fingerprint density at radius 2 is 1.90 bits per heavy atom. The molecule has 2 rings (SSSR count). The van der Waals surface area contributed by atoms with Crippen LogP contribution in [0.1, 0.15) is 5.56 Å². The summed E-state index contributed by atoms with van der Waals surface area (Å²) in [6, 6.07) is 12.2. The van der Waals surface area contributed by atoms with Gasteiger partial charge >= 0.3 is 0 Å². The van der Waals surface area contributed by atoms with Crippen molar-refractivity contribution in [2.24, 2.45) is 5.14 Å². The molecule has 0 aliphatic heterocycles. The smallest absolute Gasteiger partial charge is 0.238 e. The molecule has 0 saturated heterocycles. The van der Waals surface area contributed by atoms with Crippen molar-refractivity contribution >= 4 is 37.3 Å². The second-order valence-electron chi connectivity index (χ2n) is 4.32. The largest absolute Gasteiger partial charge is 0.399 e. The van der Waals surface area contributed by atoms with E-state index in [1.54, 1.807) is 6.07 Å². The highest BCUT2D eigenvalue weighted by molar-refractivity contribution is 9.10. The molecule has 0 aromatic heterocycles. The van der Waals surface area contributed by atoms with Crippen molar-refractivity contribution in [2.45, 2.75) is 11.4 Å². The first kappa shape index (κ1) is 14.8. The van der Waals surface area contributed by atoms with Crippen LogP contribution in [0.5, 0.6) is 0 Å². The summed E-state index contributed by atoms with van der Waals surface area (Å²) in [5, 5.41) is 8.23. The van der Waals surface area contributed by atoms with E-state index in [2.05, 4.69) is 21.2 Å². The second-order valence-corrected chi connectivity index (χ2v) is 6.80. The standard InChI is InChI=1S/C13H14BrN3O2S/c14-10-3-1-2-9(4-10)8-17-12-5-11(15)6-13(7-12)20(16,18)19/h1-7,17H,8,15H2,(H2,16,18,19). The van der Waals surface area contributed by atoms with Crippen molar-refractivity contribution in [2.75, 3.05) is 11.1 Å². The molecule has 0 bridgehead atoms. The Balaban J connectivity index is 2.20. The number of hydrogen-bond donors (Lipinski definition) is 3. The van der Waals surface area contributed by atoms with Crippen LogP contribution in [0.3, 0.4) is 0 Å². The summed E-state index contributed by atoms with van der Waals surface area (Å²) < 4.78 is 23.7. The Morgan fingerprint density at radius 1 is 1.15 bits per heavy atom. The van der Waals surface area contributed by atoms with Gasteiger partial charge in [-0.05, 0) is 35.9 Å². The Bertz CT molecular complexity index is 732. The number of nitrogens with one attached hydrogen (secondary N) is 1. The summed E-state index contributed by atoms with van der Waals surface area (Å²) in [7, 11) is -3.76. The number of anilines is 2. The monoisotopic (exact) mass is 355 g/mol. The molecule has 0 spiro atoms. The Hall–Kier alpha value is -1.57. The molecule has 0 radical (unpaired) electrons. The van der Waals surface area contributed by atoms with Gasteiger partial charge in [0.1, 0.15) is 0 Å². The zero-order chi connectivity index (χ0) is 14.8. The summed E-state index contributed by atoms with van der Waals surface area (Å²) in [6.45, 7) is 0.549. The summed E-state index contributed by atoms with van der Waals surface area (Å²) >= 11 is 3.39. The number of nitrogens with two attached hydrogens (primary N) is 2. The van der Waals surface area contributed by atoms with Gasteiger partial charge < -0.3 is 11.1 Å². The van der Waals surface area contributed by atoms with E-state index >= 15 is 0 Å². The molecule has 2 aromatic rings. The molecule has 0 heterocycles. The highest BCUT2D eigenvalue weighted by Gasteiger charge is 2.09. The van der Waals surface area contributed by atoms with Crippen LogP contribution < -0.4 is 16.2 Å². The third-order valence-corrected chi connectivity index (χ3v) is 4.03. The van der Waals surface area contributed by atoms with Crippen molar-refractivity contribution in [1.82, 2.24) is 0 Å². The maximum absolute atomic E-state index is 11.3. The van der Waals surface area contributed by atoms with Gasteiger partial charge in [-0.15, -0.1) is 0 Å². The van der Waals surface area contributed by atoms with E-state index in [0.29, 0.717) is 17.9 Å². The third kappa shape index (κ3) is 3.96. The normalized spacial score (nSPS) is 11.3. The van der Waals surface area contributed by atoms with E-state index < -0.39 is 10.0 Å². The molecule has 7 heteroatoms. The first-order valence-corrected chi connectivity index (χ1v) is 8.10. The lowest BCUT2D eigenvalue weighted by atomic mass is 10.2. The van der Waals surface area contributed by atoms with Crippen LogP contribution in [0, 0.1) is 0 Å². The Kier molecular flexibility index (Phi) is 4.32. The van der Waals surface area contributed by atoms with Crippen molar-refractivity contribution in [3.63, 3.8) is 0 Å². The highest BCUT2D eigenvalue weighted by Crippen LogP contribution is 2.20. The molecule has 20 heavy (non-hydrogen) atoms. The number of rotatable bonds is 4. The van der Waals surface area contributed by atoms with Crippen molar-refractivity contribution in [1.29, 1.82) is 0 Å². The molecule has 106 valence electrons. The van der Waals surface area contributed by atoms with E-state index in [9.17, 15) is 8.42 Å². The first-order chi connectivity index (χ1) is 9.34. The lowest BCUT2D eigenvalue weighted by Gasteiger charge is -2.09. The zero-order valence-electron chi connectivity index (χ0n) is 10.5. The Morgan fingerprint density at radius 3 is 2.55 bits per heavy atom. The molecule has 0 saturated carbocycles. The number of sulfonamides is 1. The fourth-order valence-electron chi connectivity index (χ4n) is 1.74. The van der Waals surface area contributed by atoms with Crippen molar-refractivity contribution in [3.05, 3.63) is 52.5 Å². The van der Waals surface area contributed by atoms with Gasteiger partial charge in [0.15, 0.2) is 0 Å². The van der Waals surface area contributed by atoms with Crippen molar-refractivity contribution < 1.29 is 8.42 Å². The van der Waals surface area contributed by atoms with Gasteiger partial charge in [0.05, 0.1) is 4.90 Å². The minimum Gasteiger partial charge on any atom is -0.399 e. The maximum atomic E-state index is 11.3. The first-order valence-electron chi connectivity index (χ1n) is 5.76. The maximum Gasteiger partial charge on any atom is 0.238 e. The van der Waals surface area contributed by atoms with Gasteiger partial charge in [-0.1, -0.05) is 28.1 Å². The van der Waals surface area contributed by atoms with Gasteiger partial charge in [0, 0.05) is 22.4 Å². The molecule has 0 aliphatic carbocycles. The van der Waals surface area contributed by atoms with Crippen LogP contribution >= 0.6 is 15.9 Å². The molecule has 5 N–H and O–H groups in total. The quantitative estimate of drug-likeness (QED) is 0.732. The number of primary sulfonamides is 1. The molecule has 0 atom stereocenters. The van der Waals surface area contributed by atoms with Gasteiger partial charge in [0.2, 0.25) is 10.0 Å². The van der Waals surface area contributed by atoms with Crippen molar-refractivity contribution in [3.8, 4) is 0 Å². The summed E-state index contributed by atoms with van der Waals surface area (Å²) in [6.07, 6.45) is 0. The van der Waals surface area contributed by atoms with E-state index in [1.165, 1.54) is 12.1 Å². The molecular weight excluding hydrogens is 342 g/mol. The summed E-state index contributed by atoms with van der Waals surface area (Å²) in [5.74, 6) is 0. The van der Waals surface area contributed by atoms with Crippen LogP contribution in [-0.2, 0) is 16.6 Å². The second kappa shape index (κ2) is 5.82. The molecule has 0 amide bonds. The lowest BCUT2D eigenvalue weighted by Crippen LogP contribution is -2.13. The van der Waals surface area contributed by atoms with E-state index in [4.69, 9.17) is 10.9 Å². The zero-order valence-corrected chi connectivity index (χ0v) is 12.9. The van der Waals surface area contributed by atoms with E-state index in [0.717, 1.165) is 10.0 Å². The number of halogens is 1. The summed E-state index contributed by atoms with van der Waals surface area (Å²) in [4.78, 5) is -0.00533. The van der Waals surface area contributed by atoms with Crippen LogP contribution in [-0.4, -0.2) is 8.42 Å². The predicted octanol–water partition coefficient (Wildman–Crippen LogP) is 2.29. The Labute approximate surface area is 126 Å². The van der Waals surface area contributed by atoms with Gasteiger partial charge in [-0.25, -0.2) is 13.6 Å². The highest BCUT2D eigenvalue weighted by atomic mass is 79.9. The lowest BCUT2D eigenvalue weighted by molar-refractivity contribution is 0.598. The minimum absolute atomic E-state index is 0.00533. The van der Waals surface area contributed by atoms with Crippen LogP contribution in [0.15, 0.2) is 51.8 Å². The van der Waals surface area contributed by atoms with E-state index in [-0.39, 0.29) is 4.90 Å². The predicted molar refractivity (Wildman–Crippen MR) is 83.7 cm³/mol. The molecule has 5 nitrogen and oxygen atoms in total. The van der Waals surface area contributed by atoms with Crippen LogP contribution in [0.2, 0.25) is 0 Å². The van der Waals surface area contributed by atoms with Crippen LogP contribution in [0.4, 0.5) is 11.4 Å². The van der Waals surface area contributed by atoms with E-state index in [1.807, 2.05) is 24.3 Å². The number of nitrogen functional groups attached to an aromatic ring is 1. The molecule has 0 aliphatic rings. The SMILES string of the molecule is Nc1cc(NCc2cccc(Br)c2)cc(S(N)(=O)=O)c1. The molecule has 0 unspecified atom stereocenters. The van der Waals surface area contributed by atoms with Gasteiger partial charge in [-0.3, -0.25) is 0 Å². The average molecular weight is 356 g/mol. The average Bonchev–Trinajstić information content (AvgIpc) is 2.35. The number of benzene rings is 2. The third-order valence-electron chi connectivity index (χ3n) is 2.64. The topological polar surface area (TPSA) is 98.2 Å². The molecule has 0 fully saturated rings.